The minimum Gasteiger partial charge on any atom is -0.312 e. The van der Waals surface area contributed by atoms with Crippen LogP contribution >= 0.6 is 27.3 Å². The molecule has 2 amide bonds. The van der Waals surface area contributed by atoms with Crippen molar-refractivity contribution in [3.8, 4) is 0 Å². The van der Waals surface area contributed by atoms with Gasteiger partial charge in [-0.05, 0) is 85.2 Å². The minimum atomic E-state index is -0.258. The Hall–Kier alpha value is -2.18. The number of nitrogens with zero attached hydrogens (tertiary/aromatic N) is 1. The number of hydrogen-bond donors (Lipinski definition) is 1. The van der Waals surface area contributed by atoms with Crippen LogP contribution < -0.4 is 5.32 Å². The summed E-state index contributed by atoms with van der Waals surface area (Å²) in [5, 5.41) is 3.04. The third-order valence-corrected chi connectivity index (χ3v) is 7.93. The maximum Gasteiger partial charge on any atom is 0.322 e. The lowest BCUT2D eigenvalue weighted by Crippen LogP contribution is -2.42. The van der Waals surface area contributed by atoms with Crippen LogP contribution in [0.1, 0.15) is 45.3 Å². The zero-order valence-corrected chi connectivity index (χ0v) is 18.9. The Labute approximate surface area is 188 Å². The summed E-state index contributed by atoms with van der Waals surface area (Å²) in [4.78, 5) is 17.9. The molecule has 0 bridgehead atoms. The summed E-state index contributed by atoms with van der Waals surface area (Å²) >= 11 is 5.28. The molecule has 0 saturated carbocycles. The first-order valence-electron chi connectivity index (χ1n) is 10.3. The van der Waals surface area contributed by atoms with Crippen LogP contribution in [0, 0.1) is 5.82 Å². The molecule has 5 rings (SSSR count). The fourth-order valence-electron chi connectivity index (χ4n) is 4.57. The number of carbonyl (C=O) groups is 1. The zero-order valence-electron chi connectivity index (χ0n) is 16.5. The summed E-state index contributed by atoms with van der Waals surface area (Å²) < 4.78 is 14.6. The predicted molar refractivity (Wildman–Crippen MR) is 123 cm³/mol. The van der Waals surface area contributed by atoms with Crippen LogP contribution in [-0.4, -0.2) is 17.5 Å². The van der Waals surface area contributed by atoms with Crippen molar-refractivity contribution < 1.29 is 9.18 Å². The molecular weight excluding hydrogens is 463 g/mol. The van der Waals surface area contributed by atoms with E-state index >= 15 is 0 Å². The first-order chi connectivity index (χ1) is 14.6. The van der Waals surface area contributed by atoms with Gasteiger partial charge in [0.15, 0.2) is 0 Å². The van der Waals surface area contributed by atoms with E-state index in [2.05, 4.69) is 21.2 Å². The number of aryl methyl sites for hydroxylation is 1. The molecule has 0 unspecified atom stereocenters. The third-order valence-electron chi connectivity index (χ3n) is 6.02. The van der Waals surface area contributed by atoms with Gasteiger partial charge in [-0.1, -0.05) is 28.1 Å². The highest BCUT2D eigenvalue weighted by Gasteiger charge is 2.36. The molecular formula is C24H22BrFN2OS. The van der Waals surface area contributed by atoms with Crippen LogP contribution in [0.25, 0.3) is 0 Å². The Balaban J connectivity index is 1.53. The second kappa shape index (κ2) is 8.16. The highest BCUT2D eigenvalue weighted by atomic mass is 79.9. The number of halogens is 2. The molecule has 0 radical (unpaired) electrons. The van der Waals surface area contributed by atoms with Crippen molar-refractivity contribution in [2.24, 2.45) is 0 Å². The Morgan fingerprint density at radius 2 is 1.73 bits per heavy atom. The lowest BCUT2D eigenvalue weighted by Gasteiger charge is -2.36. The van der Waals surface area contributed by atoms with Crippen LogP contribution in [0.15, 0.2) is 53.0 Å². The van der Waals surface area contributed by atoms with E-state index in [9.17, 15) is 9.18 Å². The highest BCUT2D eigenvalue weighted by molar-refractivity contribution is 9.10. The first-order valence-corrected chi connectivity index (χ1v) is 11.9. The number of benzene rings is 2. The first kappa shape index (κ1) is 19.8. The molecule has 154 valence electrons. The fourth-order valence-corrected chi connectivity index (χ4v) is 6.42. The molecule has 1 aromatic heterocycles. The van der Waals surface area contributed by atoms with Gasteiger partial charge in [-0.25, -0.2) is 9.18 Å². The van der Waals surface area contributed by atoms with E-state index < -0.39 is 0 Å². The van der Waals surface area contributed by atoms with Gasteiger partial charge in [0.1, 0.15) is 5.82 Å². The van der Waals surface area contributed by atoms with E-state index in [-0.39, 0.29) is 17.9 Å². The number of rotatable bonds is 2. The van der Waals surface area contributed by atoms with Crippen molar-refractivity contribution in [1.82, 2.24) is 4.90 Å². The average molecular weight is 485 g/mol. The number of amides is 2. The summed E-state index contributed by atoms with van der Waals surface area (Å²) in [6.45, 7) is 0.653. The Morgan fingerprint density at radius 3 is 2.50 bits per heavy atom. The van der Waals surface area contributed by atoms with Crippen molar-refractivity contribution in [1.29, 1.82) is 0 Å². The molecule has 3 aromatic rings. The predicted octanol–water partition coefficient (Wildman–Crippen LogP) is 6.71. The highest BCUT2D eigenvalue weighted by Crippen LogP contribution is 2.45. The van der Waals surface area contributed by atoms with Crippen molar-refractivity contribution >= 4 is 39.0 Å². The Bertz CT molecular complexity index is 1080. The fraction of sp³-hybridized carbons (Fsp3) is 0.292. The van der Waals surface area contributed by atoms with Gasteiger partial charge in [-0.3, -0.25) is 0 Å². The number of thiophene rings is 1. The quantitative estimate of drug-likeness (QED) is 0.430. The van der Waals surface area contributed by atoms with Gasteiger partial charge in [-0.2, -0.15) is 0 Å². The Kier molecular flexibility index (Phi) is 5.37. The van der Waals surface area contributed by atoms with Gasteiger partial charge < -0.3 is 10.2 Å². The van der Waals surface area contributed by atoms with Gasteiger partial charge in [0.05, 0.1) is 6.04 Å². The summed E-state index contributed by atoms with van der Waals surface area (Å²) in [5.41, 5.74) is 4.66. The zero-order chi connectivity index (χ0) is 20.7. The molecule has 0 fully saturated rings. The number of fused-ring (bicyclic) bond motifs is 3. The standard InChI is InChI=1S/C24H22BrFN2OS/c25-16-7-11-18(12-8-16)27-24(29)28-14-13-20-19-3-1-2-4-21(19)30-23(20)22(28)15-5-9-17(26)10-6-15/h5-12,22H,1-4,13-14H2,(H,27,29)/t22-/m1/s1. The maximum atomic E-state index is 13.6. The summed E-state index contributed by atoms with van der Waals surface area (Å²) in [6, 6.07) is 13.9. The van der Waals surface area contributed by atoms with Crippen molar-refractivity contribution in [3.05, 3.63) is 85.3 Å². The molecule has 6 heteroatoms. The smallest absolute Gasteiger partial charge is 0.312 e. The monoisotopic (exact) mass is 484 g/mol. The number of anilines is 1. The average Bonchev–Trinajstić information content (AvgIpc) is 3.14. The number of nitrogens with one attached hydrogen (secondary N) is 1. The number of hydrogen-bond acceptors (Lipinski definition) is 2. The second-order valence-corrected chi connectivity index (χ2v) is 9.94. The lowest BCUT2D eigenvalue weighted by molar-refractivity contribution is 0.195. The van der Waals surface area contributed by atoms with Crippen molar-refractivity contribution in [2.75, 3.05) is 11.9 Å². The second-order valence-electron chi connectivity index (χ2n) is 7.89. The molecule has 1 N–H and O–H groups in total. The van der Waals surface area contributed by atoms with Crippen LogP contribution in [0.4, 0.5) is 14.9 Å². The van der Waals surface area contributed by atoms with Gasteiger partial charge in [-0.15, -0.1) is 11.3 Å². The van der Waals surface area contributed by atoms with E-state index in [1.54, 1.807) is 0 Å². The van der Waals surface area contributed by atoms with Crippen molar-refractivity contribution in [2.45, 2.75) is 38.1 Å². The minimum absolute atomic E-state index is 0.122. The summed E-state index contributed by atoms with van der Waals surface area (Å²) in [7, 11) is 0. The lowest BCUT2D eigenvalue weighted by atomic mass is 9.88. The van der Waals surface area contributed by atoms with E-state index in [1.165, 1.54) is 45.9 Å². The summed E-state index contributed by atoms with van der Waals surface area (Å²) in [6.07, 6.45) is 5.63. The third kappa shape index (κ3) is 3.67. The molecule has 30 heavy (non-hydrogen) atoms. The van der Waals surface area contributed by atoms with E-state index in [4.69, 9.17) is 0 Å². The molecule has 1 atom stereocenters. The van der Waals surface area contributed by atoms with Crippen LogP contribution in [0.5, 0.6) is 0 Å². The molecule has 2 aliphatic rings. The van der Waals surface area contributed by atoms with E-state index in [0.717, 1.165) is 35.0 Å². The number of urea groups is 1. The van der Waals surface area contributed by atoms with Crippen LogP contribution in [0.2, 0.25) is 0 Å². The number of carbonyl (C=O) groups excluding carboxylic acids is 1. The van der Waals surface area contributed by atoms with Gasteiger partial charge in [0, 0.05) is 26.5 Å². The van der Waals surface area contributed by atoms with Gasteiger partial charge >= 0.3 is 6.03 Å². The molecule has 2 heterocycles. The largest absolute Gasteiger partial charge is 0.322 e. The molecule has 0 spiro atoms. The van der Waals surface area contributed by atoms with Gasteiger partial charge in [0.25, 0.3) is 0 Å². The molecule has 2 aromatic carbocycles. The van der Waals surface area contributed by atoms with Crippen LogP contribution in [0.3, 0.4) is 0 Å². The molecule has 3 nitrogen and oxygen atoms in total. The van der Waals surface area contributed by atoms with E-state index in [0.29, 0.717) is 6.54 Å². The Morgan fingerprint density at radius 1 is 1.00 bits per heavy atom. The van der Waals surface area contributed by atoms with E-state index in [1.807, 2.05) is 52.6 Å². The molecule has 1 aliphatic carbocycles. The summed E-state index contributed by atoms with van der Waals surface area (Å²) in [5.74, 6) is -0.258. The normalized spacial score (nSPS) is 17.9. The van der Waals surface area contributed by atoms with Crippen LogP contribution in [-0.2, 0) is 19.3 Å². The topological polar surface area (TPSA) is 32.3 Å². The molecule has 1 aliphatic heterocycles. The SMILES string of the molecule is O=C(Nc1ccc(Br)cc1)N1CCc2c(sc3c2CCCC3)[C@H]1c1ccc(F)cc1. The molecule has 0 saturated heterocycles. The maximum absolute atomic E-state index is 13.6. The van der Waals surface area contributed by atoms with Crippen molar-refractivity contribution in [3.63, 3.8) is 0 Å². The van der Waals surface area contributed by atoms with Gasteiger partial charge in [0.2, 0.25) is 0 Å².